The molecule has 0 amide bonds. The van der Waals surface area contributed by atoms with Crippen LogP contribution in [0.4, 0.5) is 13.2 Å². The Labute approximate surface area is 245 Å². The van der Waals surface area contributed by atoms with Crippen molar-refractivity contribution in [3.8, 4) is 22.6 Å². The van der Waals surface area contributed by atoms with Crippen molar-refractivity contribution in [3.05, 3.63) is 124 Å². The second-order valence-electron chi connectivity index (χ2n) is 9.68. The summed E-state index contributed by atoms with van der Waals surface area (Å²) in [5.74, 6) is 0.331. The highest BCUT2D eigenvalue weighted by Crippen LogP contribution is 2.40. The monoisotopic (exact) mass is 591 g/mol. The van der Waals surface area contributed by atoms with Gasteiger partial charge in [0.2, 0.25) is 0 Å². The predicted molar refractivity (Wildman–Crippen MR) is 154 cm³/mol. The normalized spacial score (nSPS) is 11.4. The molecule has 9 heteroatoms. The molecule has 0 fully saturated rings. The maximum Gasteiger partial charge on any atom is 0.418 e. The van der Waals surface area contributed by atoms with Crippen molar-refractivity contribution in [2.24, 2.45) is 0 Å². The van der Waals surface area contributed by atoms with Gasteiger partial charge in [-0.15, -0.1) is 0 Å². The van der Waals surface area contributed by atoms with Crippen LogP contribution >= 0.6 is 11.6 Å². The molecule has 5 aromatic rings. The number of pyridine rings is 1. The molecular formula is C33H25ClF3NO4. The summed E-state index contributed by atoms with van der Waals surface area (Å²) in [5, 5.41) is 0.980. The van der Waals surface area contributed by atoms with E-state index in [9.17, 15) is 18.0 Å². The van der Waals surface area contributed by atoms with Crippen LogP contribution in [0.5, 0.6) is 11.5 Å². The Bertz CT molecular complexity index is 1750. The van der Waals surface area contributed by atoms with Crippen LogP contribution in [0.3, 0.4) is 0 Å². The zero-order valence-electron chi connectivity index (χ0n) is 22.7. The average molecular weight is 592 g/mol. The standard InChI is InChI=1S/C33H25ClF3NO4/c1-20-24(7-4-11-30(20)42-41-21(2)39)19-40-27-8-3-6-23(17-27)31-25(16-22-12-14-26(34)15-13-22)18-38-32-28(31)9-5-10-29(32)33(35,36)37/h3-15,17-18H,16,19H2,1-2H3. The molecule has 4 aromatic carbocycles. The van der Waals surface area contributed by atoms with E-state index in [2.05, 4.69) is 9.87 Å². The Morgan fingerprint density at radius 3 is 2.40 bits per heavy atom. The Kier molecular flexibility index (Phi) is 8.36. The third kappa shape index (κ3) is 6.50. The molecule has 1 aromatic heterocycles. The molecule has 0 spiro atoms. The van der Waals surface area contributed by atoms with Gasteiger partial charge in [-0.25, -0.2) is 4.79 Å². The van der Waals surface area contributed by atoms with Crippen LogP contribution in [0.25, 0.3) is 22.0 Å². The Morgan fingerprint density at radius 2 is 1.67 bits per heavy atom. The minimum atomic E-state index is -4.56. The maximum absolute atomic E-state index is 13.9. The van der Waals surface area contributed by atoms with Crippen LogP contribution < -0.4 is 9.62 Å². The third-order valence-corrected chi connectivity index (χ3v) is 7.00. The molecule has 5 rings (SSSR count). The predicted octanol–water partition coefficient (Wildman–Crippen LogP) is 8.91. The highest BCUT2D eigenvalue weighted by Gasteiger charge is 2.33. The van der Waals surface area contributed by atoms with Crippen molar-refractivity contribution in [2.45, 2.75) is 33.1 Å². The van der Waals surface area contributed by atoms with Gasteiger partial charge in [-0.1, -0.05) is 60.1 Å². The average Bonchev–Trinajstić information content (AvgIpc) is 2.96. The lowest BCUT2D eigenvalue weighted by molar-refractivity contribution is -0.211. The van der Waals surface area contributed by atoms with Crippen LogP contribution in [0.2, 0.25) is 5.02 Å². The molecule has 0 saturated heterocycles. The van der Waals surface area contributed by atoms with Crippen LogP contribution in [-0.2, 0) is 28.9 Å². The van der Waals surface area contributed by atoms with Crippen LogP contribution in [0.1, 0.15) is 34.7 Å². The molecule has 1 heterocycles. The van der Waals surface area contributed by atoms with Crippen LogP contribution in [0.15, 0.2) is 91.1 Å². The molecule has 0 aliphatic rings. The zero-order chi connectivity index (χ0) is 29.9. The summed E-state index contributed by atoms with van der Waals surface area (Å²) in [5.41, 5.74) is 3.65. The summed E-state index contributed by atoms with van der Waals surface area (Å²) in [6, 6.07) is 23.9. The van der Waals surface area contributed by atoms with E-state index < -0.39 is 17.7 Å². The molecule has 5 nitrogen and oxygen atoms in total. The minimum absolute atomic E-state index is 0.119. The molecule has 0 N–H and O–H groups in total. The number of aromatic nitrogens is 1. The number of rotatable bonds is 8. The van der Waals surface area contributed by atoms with Gasteiger partial charge in [0.15, 0.2) is 5.75 Å². The van der Waals surface area contributed by atoms with Gasteiger partial charge in [-0.05, 0) is 77.6 Å². The Hall–Kier alpha value is -4.56. The lowest BCUT2D eigenvalue weighted by Gasteiger charge is -2.17. The SMILES string of the molecule is CC(=O)OOc1cccc(COc2cccc(-c3c(Cc4ccc(Cl)cc4)cnc4c(C(F)(F)F)cccc34)c2)c1C. The highest BCUT2D eigenvalue weighted by atomic mass is 35.5. The molecule has 0 saturated carbocycles. The lowest BCUT2D eigenvalue weighted by atomic mass is 9.91. The highest BCUT2D eigenvalue weighted by molar-refractivity contribution is 6.30. The first-order chi connectivity index (χ1) is 20.1. The fourth-order valence-corrected chi connectivity index (χ4v) is 4.83. The maximum atomic E-state index is 13.9. The third-order valence-electron chi connectivity index (χ3n) is 6.75. The van der Waals surface area contributed by atoms with Crippen molar-refractivity contribution in [2.75, 3.05) is 0 Å². The molecule has 0 aliphatic heterocycles. The fourth-order valence-electron chi connectivity index (χ4n) is 4.70. The summed E-state index contributed by atoms with van der Waals surface area (Å²) in [6.07, 6.45) is -2.61. The second-order valence-corrected chi connectivity index (χ2v) is 10.1. The van der Waals surface area contributed by atoms with E-state index in [1.807, 2.05) is 31.2 Å². The minimum Gasteiger partial charge on any atom is -0.489 e. The molecule has 42 heavy (non-hydrogen) atoms. The molecule has 0 aliphatic carbocycles. The van der Waals surface area contributed by atoms with E-state index >= 15 is 0 Å². The van der Waals surface area contributed by atoms with Gasteiger partial charge in [0.05, 0.1) is 11.1 Å². The van der Waals surface area contributed by atoms with Crippen molar-refractivity contribution >= 4 is 28.5 Å². The number of benzene rings is 4. The first-order valence-corrected chi connectivity index (χ1v) is 13.4. The number of hydrogen-bond donors (Lipinski definition) is 0. The second kappa shape index (κ2) is 12.1. The summed E-state index contributed by atoms with van der Waals surface area (Å²) in [7, 11) is 0. The quantitative estimate of drug-likeness (QED) is 0.133. The Morgan fingerprint density at radius 1 is 0.929 bits per heavy atom. The Balaban J connectivity index is 1.53. The molecule has 214 valence electrons. The number of carbonyl (C=O) groups excluding carboxylic acids is 1. The van der Waals surface area contributed by atoms with E-state index in [0.29, 0.717) is 39.5 Å². The number of nitrogens with zero attached hydrogens (tertiary/aromatic N) is 1. The van der Waals surface area contributed by atoms with Gasteiger partial charge in [0.25, 0.3) is 0 Å². The van der Waals surface area contributed by atoms with E-state index in [-0.39, 0.29) is 12.1 Å². The van der Waals surface area contributed by atoms with Gasteiger partial charge in [0, 0.05) is 29.1 Å². The molecule has 0 atom stereocenters. The van der Waals surface area contributed by atoms with Crippen molar-refractivity contribution in [1.82, 2.24) is 4.98 Å². The first kappa shape index (κ1) is 29.0. The number of halogens is 4. The van der Waals surface area contributed by atoms with Crippen molar-refractivity contribution < 1.29 is 32.5 Å². The number of hydrogen-bond acceptors (Lipinski definition) is 5. The number of fused-ring (bicyclic) bond motifs is 1. The summed E-state index contributed by atoms with van der Waals surface area (Å²) in [4.78, 5) is 25.2. The van der Waals surface area contributed by atoms with E-state index in [1.165, 1.54) is 19.2 Å². The van der Waals surface area contributed by atoms with Gasteiger partial charge in [-0.2, -0.15) is 13.2 Å². The molecule has 0 bridgehead atoms. The van der Waals surface area contributed by atoms with Gasteiger partial charge in [-0.3, -0.25) is 14.8 Å². The summed E-state index contributed by atoms with van der Waals surface area (Å²) < 4.78 is 47.8. The van der Waals surface area contributed by atoms with Crippen molar-refractivity contribution in [1.29, 1.82) is 0 Å². The van der Waals surface area contributed by atoms with Gasteiger partial charge >= 0.3 is 12.1 Å². The lowest BCUT2D eigenvalue weighted by Crippen LogP contribution is -2.07. The number of para-hydroxylation sites is 1. The summed E-state index contributed by atoms with van der Waals surface area (Å²) >= 11 is 6.06. The van der Waals surface area contributed by atoms with Gasteiger partial charge < -0.3 is 4.74 Å². The molecule has 0 radical (unpaired) electrons. The molecular weight excluding hydrogens is 567 g/mol. The van der Waals surface area contributed by atoms with E-state index in [0.717, 1.165) is 28.3 Å². The number of carbonyl (C=O) groups is 1. The smallest absolute Gasteiger partial charge is 0.418 e. The van der Waals surface area contributed by atoms with E-state index in [4.69, 9.17) is 21.2 Å². The summed E-state index contributed by atoms with van der Waals surface area (Å²) in [6.45, 7) is 3.24. The number of alkyl halides is 3. The largest absolute Gasteiger partial charge is 0.489 e. The van der Waals surface area contributed by atoms with Crippen LogP contribution in [0, 0.1) is 6.92 Å². The van der Waals surface area contributed by atoms with E-state index in [1.54, 1.807) is 48.5 Å². The zero-order valence-corrected chi connectivity index (χ0v) is 23.4. The number of ether oxygens (including phenoxy) is 1. The van der Waals surface area contributed by atoms with Crippen LogP contribution in [-0.4, -0.2) is 11.0 Å². The van der Waals surface area contributed by atoms with Crippen molar-refractivity contribution in [3.63, 3.8) is 0 Å². The fraction of sp³-hybridized carbons (Fsp3) is 0.152. The first-order valence-electron chi connectivity index (χ1n) is 13.0. The topological polar surface area (TPSA) is 57.7 Å². The molecule has 0 unspecified atom stereocenters. The van der Waals surface area contributed by atoms with Gasteiger partial charge in [0.1, 0.15) is 12.4 Å².